The van der Waals surface area contributed by atoms with E-state index in [-0.39, 0.29) is 17.1 Å². The molecule has 0 atom stereocenters. The van der Waals surface area contributed by atoms with Crippen LogP contribution in [0.5, 0.6) is 0 Å². The van der Waals surface area contributed by atoms with Gasteiger partial charge in [-0.1, -0.05) is 80.5 Å². The Labute approximate surface area is 174 Å². The molecule has 0 fully saturated rings. The molecular formula is C21H23ClN4OS. The summed E-state index contributed by atoms with van der Waals surface area (Å²) in [4.78, 5) is 11.7. The van der Waals surface area contributed by atoms with Gasteiger partial charge >= 0.3 is 0 Å². The van der Waals surface area contributed by atoms with Crippen LogP contribution >= 0.6 is 23.4 Å². The Bertz CT molecular complexity index is 977. The summed E-state index contributed by atoms with van der Waals surface area (Å²) in [6.07, 6.45) is 0. The molecule has 2 aromatic carbocycles. The third-order valence-electron chi connectivity index (χ3n) is 4.35. The lowest BCUT2D eigenvalue weighted by Crippen LogP contribution is -2.20. The lowest BCUT2D eigenvalue weighted by Gasteiger charge is -2.19. The zero-order valence-corrected chi connectivity index (χ0v) is 17.9. The fourth-order valence-electron chi connectivity index (χ4n) is 2.72. The standard InChI is InChI=1S/C21H23ClN4OS/c1-21(2,3)15-11-9-14(10-12-15)19-24-25-20(28-13-18(27)23-4)26(19)17-8-6-5-7-16(17)22/h5-12H,13H2,1-4H3,(H,23,27). The number of para-hydroxylation sites is 1. The van der Waals surface area contributed by atoms with Crippen molar-refractivity contribution in [1.82, 2.24) is 20.1 Å². The molecule has 0 bridgehead atoms. The van der Waals surface area contributed by atoms with Crippen LogP contribution in [-0.2, 0) is 10.2 Å². The van der Waals surface area contributed by atoms with Crippen molar-refractivity contribution in [2.75, 3.05) is 12.8 Å². The van der Waals surface area contributed by atoms with Crippen LogP contribution in [0.3, 0.4) is 0 Å². The number of benzene rings is 2. The van der Waals surface area contributed by atoms with E-state index in [1.165, 1.54) is 17.3 Å². The van der Waals surface area contributed by atoms with E-state index in [0.29, 0.717) is 16.0 Å². The van der Waals surface area contributed by atoms with Crippen LogP contribution in [0.1, 0.15) is 26.3 Å². The number of hydrogen-bond donors (Lipinski definition) is 1. The van der Waals surface area contributed by atoms with E-state index in [1.807, 2.05) is 41.0 Å². The minimum absolute atomic E-state index is 0.0729. The molecular weight excluding hydrogens is 392 g/mol. The van der Waals surface area contributed by atoms with Gasteiger partial charge in [-0.2, -0.15) is 0 Å². The van der Waals surface area contributed by atoms with E-state index in [9.17, 15) is 4.79 Å². The first-order valence-corrected chi connectivity index (χ1v) is 10.3. The van der Waals surface area contributed by atoms with Crippen molar-refractivity contribution < 1.29 is 4.79 Å². The highest BCUT2D eigenvalue weighted by Crippen LogP contribution is 2.32. The smallest absolute Gasteiger partial charge is 0.230 e. The van der Waals surface area contributed by atoms with Gasteiger partial charge < -0.3 is 5.32 Å². The van der Waals surface area contributed by atoms with Crippen molar-refractivity contribution in [3.63, 3.8) is 0 Å². The Morgan fingerprint density at radius 2 is 1.79 bits per heavy atom. The number of carbonyl (C=O) groups excluding carboxylic acids is 1. The summed E-state index contributed by atoms with van der Waals surface area (Å²) >= 11 is 7.78. The molecule has 7 heteroatoms. The molecule has 1 aromatic heterocycles. The first-order chi connectivity index (χ1) is 13.3. The minimum atomic E-state index is -0.0743. The highest BCUT2D eigenvalue weighted by molar-refractivity contribution is 7.99. The fraction of sp³-hybridized carbons (Fsp3) is 0.286. The van der Waals surface area contributed by atoms with Gasteiger partial charge in [0.25, 0.3) is 0 Å². The average Bonchev–Trinajstić information content (AvgIpc) is 3.09. The molecule has 28 heavy (non-hydrogen) atoms. The third-order valence-corrected chi connectivity index (χ3v) is 5.60. The highest BCUT2D eigenvalue weighted by Gasteiger charge is 2.20. The van der Waals surface area contributed by atoms with E-state index in [4.69, 9.17) is 11.6 Å². The Morgan fingerprint density at radius 3 is 2.39 bits per heavy atom. The van der Waals surface area contributed by atoms with Gasteiger partial charge in [-0.15, -0.1) is 10.2 Å². The maximum Gasteiger partial charge on any atom is 0.230 e. The molecule has 3 aromatic rings. The second-order valence-corrected chi connectivity index (χ2v) is 8.73. The molecule has 0 aliphatic rings. The van der Waals surface area contributed by atoms with Crippen LogP contribution in [0.4, 0.5) is 0 Å². The molecule has 0 aliphatic heterocycles. The van der Waals surface area contributed by atoms with Crippen LogP contribution in [0.15, 0.2) is 53.7 Å². The van der Waals surface area contributed by atoms with Gasteiger partial charge in [-0.25, -0.2) is 0 Å². The SMILES string of the molecule is CNC(=O)CSc1nnc(-c2ccc(C(C)(C)C)cc2)n1-c1ccccc1Cl. The number of hydrogen-bond acceptors (Lipinski definition) is 4. The summed E-state index contributed by atoms with van der Waals surface area (Å²) in [5.41, 5.74) is 3.04. The molecule has 0 radical (unpaired) electrons. The fourth-order valence-corrected chi connectivity index (χ4v) is 3.76. The molecule has 146 valence electrons. The molecule has 0 saturated carbocycles. The summed E-state index contributed by atoms with van der Waals surface area (Å²) in [7, 11) is 1.61. The van der Waals surface area contributed by atoms with E-state index in [2.05, 4.69) is 48.4 Å². The Morgan fingerprint density at radius 1 is 1.11 bits per heavy atom. The summed E-state index contributed by atoms with van der Waals surface area (Å²) in [6, 6.07) is 15.9. The van der Waals surface area contributed by atoms with Crippen LogP contribution < -0.4 is 5.32 Å². The van der Waals surface area contributed by atoms with Crippen molar-refractivity contribution in [3.05, 3.63) is 59.1 Å². The zero-order valence-electron chi connectivity index (χ0n) is 16.4. The molecule has 1 N–H and O–H groups in total. The maximum absolute atomic E-state index is 11.7. The van der Waals surface area contributed by atoms with Crippen LogP contribution in [0.25, 0.3) is 17.1 Å². The van der Waals surface area contributed by atoms with Crippen molar-refractivity contribution in [3.8, 4) is 17.1 Å². The molecule has 3 rings (SSSR count). The quantitative estimate of drug-likeness (QED) is 0.613. The predicted molar refractivity (Wildman–Crippen MR) is 115 cm³/mol. The van der Waals surface area contributed by atoms with Gasteiger partial charge in [0.15, 0.2) is 11.0 Å². The van der Waals surface area contributed by atoms with Crippen LogP contribution in [0, 0.1) is 0 Å². The Balaban J connectivity index is 2.07. The van der Waals surface area contributed by atoms with Gasteiger partial charge in [0.2, 0.25) is 5.91 Å². The largest absolute Gasteiger partial charge is 0.358 e. The monoisotopic (exact) mass is 414 g/mol. The van der Waals surface area contributed by atoms with Crippen molar-refractivity contribution in [2.24, 2.45) is 0 Å². The topological polar surface area (TPSA) is 59.8 Å². The molecule has 0 unspecified atom stereocenters. The number of rotatable bonds is 5. The Kier molecular flexibility index (Phi) is 6.10. The number of nitrogens with zero attached hydrogens (tertiary/aromatic N) is 3. The molecule has 0 aliphatic carbocycles. The van der Waals surface area contributed by atoms with Gasteiger partial charge in [0.1, 0.15) is 0 Å². The average molecular weight is 415 g/mol. The normalized spacial score (nSPS) is 11.5. The second-order valence-electron chi connectivity index (χ2n) is 7.38. The number of carbonyl (C=O) groups is 1. The second kappa shape index (κ2) is 8.37. The molecule has 1 heterocycles. The summed E-state index contributed by atoms with van der Waals surface area (Å²) < 4.78 is 1.90. The van der Waals surface area contributed by atoms with Gasteiger partial charge in [0, 0.05) is 12.6 Å². The highest BCUT2D eigenvalue weighted by atomic mass is 35.5. The summed E-state index contributed by atoms with van der Waals surface area (Å²) in [5.74, 6) is 0.866. The lowest BCUT2D eigenvalue weighted by molar-refractivity contribution is -0.118. The minimum Gasteiger partial charge on any atom is -0.358 e. The molecule has 0 saturated heterocycles. The van der Waals surface area contributed by atoms with Crippen molar-refractivity contribution >= 4 is 29.3 Å². The van der Waals surface area contributed by atoms with Gasteiger partial charge in [-0.3, -0.25) is 9.36 Å². The van der Waals surface area contributed by atoms with Gasteiger partial charge in [0.05, 0.1) is 16.5 Å². The van der Waals surface area contributed by atoms with Crippen molar-refractivity contribution in [2.45, 2.75) is 31.3 Å². The maximum atomic E-state index is 11.7. The van der Waals surface area contributed by atoms with Crippen molar-refractivity contribution in [1.29, 1.82) is 0 Å². The number of nitrogens with one attached hydrogen (secondary N) is 1. The summed E-state index contributed by atoms with van der Waals surface area (Å²) in [6.45, 7) is 6.55. The molecule has 1 amide bonds. The van der Waals surface area contributed by atoms with E-state index >= 15 is 0 Å². The van der Waals surface area contributed by atoms with E-state index < -0.39 is 0 Å². The number of halogens is 1. The van der Waals surface area contributed by atoms with E-state index in [0.717, 1.165) is 11.3 Å². The summed E-state index contributed by atoms with van der Waals surface area (Å²) in [5, 5.41) is 12.6. The van der Waals surface area contributed by atoms with Crippen LogP contribution in [-0.4, -0.2) is 33.5 Å². The first-order valence-electron chi connectivity index (χ1n) is 8.96. The first kappa shape index (κ1) is 20.4. The number of aromatic nitrogens is 3. The lowest BCUT2D eigenvalue weighted by atomic mass is 9.87. The third kappa shape index (κ3) is 4.39. The number of thioether (sulfide) groups is 1. The Hall–Kier alpha value is -2.31. The zero-order chi connectivity index (χ0) is 20.3. The van der Waals surface area contributed by atoms with Gasteiger partial charge in [-0.05, 0) is 23.1 Å². The number of amides is 1. The molecule has 0 spiro atoms. The molecule has 5 nitrogen and oxygen atoms in total. The predicted octanol–water partition coefficient (Wildman–Crippen LogP) is 4.72. The van der Waals surface area contributed by atoms with Crippen LogP contribution in [0.2, 0.25) is 5.02 Å². The van der Waals surface area contributed by atoms with E-state index in [1.54, 1.807) is 7.05 Å².